The van der Waals surface area contributed by atoms with Gasteiger partial charge in [0.05, 0.1) is 11.4 Å². The summed E-state index contributed by atoms with van der Waals surface area (Å²) in [6.07, 6.45) is -4.00. The van der Waals surface area contributed by atoms with E-state index >= 15 is 0 Å². The summed E-state index contributed by atoms with van der Waals surface area (Å²) in [6.45, 7) is 3.93. The van der Waals surface area contributed by atoms with Gasteiger partial charge in [-0.2, -0.15) is 4.98 Å². The number of hydrogen-bond acceptors (Lipinski definition) is 5. The number of rotatable bonds is 7. The second-order valence-electron chi connectivity index (χ2n) is 6.74. The molecule has 2 aromatic carbocycles. The molecule has 1 heterocycles. The number of benzene rings is 2. The Kier molecular flexibility index (Phi) is 7.19. The molecule has 10 heteroatoms. The second-order valence-corrected chi connectivity index (χ2v) is 7.99. The van der Waals surface area contributed by atoms with E-state index in [0.717, 1.165) is 9.99 Å². The zero-order chi connectivity index (χ0) is 22.6. The molecule has 1 aromatic heterocycles. The molecule has 5 nitrogen and oxygen atoms in total. The monoisotopic (exact) mass is 546 g/mol. The SMILES string of the molecule is CC[C@@H](C)Nc1nc(Nc2ccc(I)cc2F)cc(-c2cccc(OC(F)(F)F)c2)n1. The van der Waals surface area contributed by atoms with E-state index in [0.29, 0.717) is 11.3 Å². The third kappa shape index (κ3) is 6.68. The number of hydrogen-bond donors (Lipinski definition) is 2. The Labute approximate surface area is 190 Å². The molecule has 0 amide bonds. The van der Waals surface area contributed by atoms with Crippen molar-refractivity contribution in [2.45, 2.75) is 32.7 Å². The molecule has 3 rings (SSSR count). The Hall–Kier alpha value is -2.63. The molecule has 0 fully saturated rings. The number of nitrogens with zero attached hydrogens (tertiary/aromatic N) is 2. The topological polar surface area (TPSA) is 59.1 Å². The van der Waals surface area contributed by atoms with Gasteiger partial charge in [-0.1, -0.05) is 19.1 Å². The van der Waals surface area contributed by atoms with Crippen LogP contribution >= 0.6 is 22.6 Å². The third-order valence-corrected chi connectivity index (χ3v) is 4.94. The van der Waals surface area contributed by atoms with Crippen LogP contribution in [0.1, 0.15) is 20.3 Å². The Balaban J connectivity index is 2.00. The van der Waals surface area contributed by atoms with E-state index in [4.69, 9.17) is 0 Å². The molecule has 0 aliphatic carbocycles. The van der Waals surface area contributed by atoms with Crippen LogP contribution in [-0.4, -0.2) is 22.4 Å². The molecule has 1 atom stereocenters. The lowest BCUT2D eigenvalue weighted by molar-refractivity contribution is -0.274. The predicted molar refractivity (Wildman–Crippen MR) is 120 cm³/mol. The van der Waals surface area contributed by atoms with Crippen LogP contribution in [0.5, 0.6) is 5.75 Å². The summed E-state index contributed by atoms with van der Waals surface area (Å²) in [5.41, 5.74) is 0.957. The second kappa shape index (κ2) is 9.67. The van der Waals surface area contributed by atoms with Gasteiger partial charge in [0.25, 0.3) is 0 Å². The summed E-state index contributed by atoms with van der Waals surface area (Å²) >= 11 is 2.01. The summed E-state index contributed by atoms with van der Waals surface area (Å²) < 4.78 is 56.8. The van der Waals surface area contributed by atoms with Crippen molar-refractivity contribution in [2.75, 3.05) is 10.6 Å². The van der Waals surface area contributed by atoms with Gasteiger partial charge >= 0.3 is 6.36 Å². The van der Waals surface area contributed by atoms with Crippen molar-refractivity contribution in [3.63, 3.8) is 0 Å². The van der Waals surface area contributed by atoms with Gasteiger partial charge in [-0.25, -0.2) is 9.37 Å². The van der Waals surface area contributed by atoms with Crippen LogP contribution in [0.2, 0.25) is 0 Å². The van der Waals surface area contributed by atoms with Crippen LogP contribution < -0.4 is 15.4 Å². The van der Waals surface area contributed by atoms with Gasteiger partial charge in [-0.05, 0) is 66.3 Å². The highest BCUT2D eigenvalue weighted by Crippen LogP contribution is 2.30. The fourth-order valence-corrected chi connectivity index (χ4v) is 3.08. The minimum absolute atomic E-state index is 0.0537. The molecular weight excluding hydrogens is 527 g/mol. The maximum Gasteiger partial charge on any atom is 0.573 e. The number of nitrogens with one attached hydrogen (secondary N) is 2. The molecular formula is C21H19F4IN4O. The molecule has 0 radical (unpaired) electrons. The molecule has 0 spiro atoms. The van der Waals surface area contributed by atoms with Crippen molar-refractivity contribution in [2.24, 2.45) is 0 Å². The Morgan fingerprint density at radius 1 is 1.10 bits per heavy atom. The highest BCUT2D eigenvalue weighted by atomic mass is 127. The normalized spacial score (nSPS) is 12.4. The lowest BCUT2D eigenvalue weighted by Gasteiger charge is -2.15. The molecule has 0 aliphatic rings. The number of ether oxygens (including phenoxy) is 1. The van der Waals surface area contributed by atoms with Crippen LogP contribution in [0.3, 0.4) is 0 Å². The van der Waals surface area contributed by atoms with E-state index in [-0.39, 0.29) is 29.2 Å². The summed E-state index contributed by atoms with van der Waals surface area (Å²) in [5, 5.41) is 6.05. The fourth-order valence-electron chi connectivity index (χ4n) is 2.63. The Bertz CT molecular complexity index is 1060. The minimum atomic E-state index is -4.80. The van der Waals surface area contributed by atoms with E-state index in [2.05, 4.69) is 25.3 Å². The first-order chi connectivity index (χ1) is 14.6. The highest BCUT2D eigenvalue weighted by molar-refractivity contribution is 14.1. The summed E-state index contributed by atoms with van der Waals surface area (Å²) in [4.78, 5) is 8.79. The van der Waals surface area contributed by atoms with Gasteiger partial charge in [-0.3, -0.25) is 0 Å². The molecule has 164 valence electrons. The van der Waals surface area contributed by atoms with Crippen molar-refractivity contribution in [1.29, 1.82) is 0 Å². The quantitative estimate of drug-likeness (QED) is 0.254. The Morgan fingerprint density at radius 3 is 2.55 bits per heavy atom. The van der Waals surface area contributed by atoms with E-state index in [1.165, 1.54) is 30.3 Å². The zero-order valence-electron chi connectivity index (χ0n) is 16.6. The lowest BCUT2D eigenvalue weighted by Crippen LogP contribution is -2.17. The van der Waals surface area contributed by atoms with E-state index in [9.17, 15) is 17.6 Å². The van der Waals surface area contributed by atoms with Gasteiger partial charge in [0.1, 0.15) is 17.4 Å². The number of halogens is 5. The maximum absolute atomic E-state index is 14.3. The summed E-state index contributed by atoms with van der Waals surface area (Å²) in [7, 11) is 0. The van der Waals surface area contributed by atoms with Crippen molar-refractivity contribution < 1.29 is 22.3 Å². The van der Waals surface area contributed by atoms with Crippen LogP contribution in [-0.2, 0) is 0 Å². The van der Waals surface area contributed by atoms with Gasteiger partial charge in [-0.15, -0.1) is 13.2 Å². The Morgan fingerprint density at radius 2 is 1.87 bits per heavy atom. The molecule has 31 heavy (non-hydrogen) atoms. The number of anilines is 3. The van der Waals surface area contributed by atoms with E-state index < -0.39 is 12.2 Å². The van der Waals surface area contributed by atoms with Crippen LogP contribution in [0, 0.1) is 9.39 Å². The van der Waals surface area contributed by atoms with E-state index in [1.54, 1.807) is 18.2 Å². The first-order valence-electron chi connectivity index (χ1n) is 9.37. The predicted octanol–water partition coefficient (Wildman–Crippen LogP) is 6.74. The van der Waals surface area contributed by atoms with Gasteiger partial charge in [0.15, 0.2) is 0 Å². The fraction of sp³-hybridized carbons (Fsp3) is 0.238. The standard InChI is InChI=1S/C21H19F4IN4O/c1-3-12(2)27-20-29-18(13-5-4-6-15(9-13)31-21(23,24)25)11-19(30-20)28-17-8-7-14(26)10-16(17)22/h4-12H,3H2,1-2H3,(H2,27,28,29,30)/t12-/m1/s1. The van der Waals surface area contributed by atoms with Crippen molar-refractivity contribution in [3.05, 3.63) is 57.9 Å². The van der Waals surface area contributed by atoms with Gasteiger partial charge < -0.3 is 15.4 Å². The molecule has 0 bridgehead atoms. The molecule has 0 saturated carbocycles. The first-order valence-corrected chi connectivity index (χ1v) is 10.4. The smallest absolute Gasteiger partial charge is 0.406 e. The highest BCUT2D eigenvalue weighted by Gasteiger charge is 2.31. The summed E-state index contributed by atoms with van der Waals surface area (Å²) in [5.74, 6) is -0.261. The molecule has 0 saturated heterocycles. The average Bonchev–Trinajstić information content (AvgIpc) is 2.69. The maximum atomic E-state index is 14.3. The van der Waals surface area contributed by atoms with Crippen molar-refractivity contribution >= 4 is 40.0 Å². The summed E-state index contributed by atoms with van der Waals surface area (Å²) in [6, 6.07) is 11.8. The van der Waals surface area contributed by atoms with Crippen LogP contribution in [0.25, 0.3) is 11.3 Å². The minimum Gasteiger partial charge on any atom is -0.406 e. The molecule has 0 aliphatic heterocycles. The van der Waals surface area contributed by atoms with Gasteiger partial charge in [0.2, 0.25) is 5.95 Å². The lowest BCUT2D eigenvalue weighted by atomic mass is 10.1. The van der Waals surface area contributed by atoms with E-state index in [1.807, 2.05) is 36.4 Å². The molecule has 2 N–H and O–H groups in total. The number of alkyl halides is 3. The molecule has 0 unspecified atom stereocenters. The largest absolute Gasteiger partial charge is 0.573 e. The molecule has 3 aromatic rings. The average molecular weight is 546 g/mol. The first kappa shape index (κ1) is 23.0. The van der Waals surface area contributed by atoms with Crippen molar-refractivity contribution in [3.8, 4) is 17.0 Å². The van der Waals surface area contributed by atoms with Crippen LogP contribution in [0.15, 0.2) is 48.5 Å². The van der Waals surface area contributed by atoms with Crippen LogP contribution in [0.4, 0.5) is 35.0 Å². The third-order valence-electron chi connectivity index (χ3n) is 4.27. The zero-order valence-corrected chi connectivity index (χ0v) is 18.8. The van der Waals surface area contributed by atoms with Gasteiger partial charge in [0, 0.05) is 21.2 Å². The number of aromatic nitrogens is 2. The van der Waals surface area contributed by atoms with Crippen molar-refractivity contribution in [1.82, 2.24) is 9.97 Å².